The summed E-state index contributed by atoms with van der Waals surface area (Å²) < 4.78 is 7.02. The van der Waals surface area contributed by atoms with Crippen molar-refractivity contribution in [2.45, 2.75) is 27.4 Å². The third-order valence-electron chi connectivity index (χ3n) is 2.90. The summed E-state index contributed by atoms with van der Waals surface area (Å²) in [5, 5.41) is 0. The van der Waals surface area contributed by atoms with E-state index in [2.05, 4.69) is 61.0 Å². The van der Waals surface area contributed by atoms with Crippen molar-refractivity contribution in [2.24, 2.45) is 0 Å². The SMILES string of the molecule is Cc1cc(C)c(OCc2ccc(Br)cc2)c(C)c1. The first-order chi connectivity index (χ1) is 8.56. The summed E-state index contributed by atoms with van der Waals surface area (Å²) in [7, 11) is 0. The van der Waals surface area contributed by atoms with E-state index in [-0.39, 0.29) is 0 Å². The van der Waals surface area contributed by atoms with Crippen LogP contribution in [0, 0.1) is 20.8 Å². The lowest BCUT2D eigenvalue weighted by molar-refractivity contribution is 0.302. The van der Waals surface area contributed by atoms with Crippen molar-refractivity contribution in [1.29, 1.82) is 0 Å². The molecule has 0 aliphatic carbocycles. The first-order valence-electron chi connectivity index (χ1n) is 6.01. The van der Waals surface area contributed by atoms with Crippen molar-refractivity contribution in [2.75, 3.05) is 0 Å². The van der Waals surface area contributed by atoms with Crippen LogP contribution in [0.4, 0.5) is 0 Å². The highest BCUT2D eigenvalue weighted by Crippen LogP contribution is 2.25. The average molecular weight is 305 g/mol. The van der Waals surface area contributed by atoms with Gasteiger partial charge in [0, 0.05) is 4.47 Å². The molecule has 1 nitrogen and oxygen atoms in total. The predicted octanol–water partition coefficient (Wildman–Crippen LogP) is 4.95. The second-order valence-corrected chi connectivity index (χ2v) is 5.56. The maximum absolute atomic E-state index is 5.93. The summed E-state index contributed by atoms with van der Waals surface area (Å²) >= 11 is 3.43. The van der Waals surface area contributed by atoms with Gasteiger partial charge in [-0.2, -0.15) is 0 Å². The van der Waals surface area contributed by atoms with Gasteiger partial charge in [-0.05, 0) is 49.6 Å². The standard InChI is InChI=1S/C16H17BrO/c1-11-8-12(2)16(13(3)9-11)18-10-14-4-6-15(17)7-5-14/h4-9H,10H2,1-3H3. The maximum atomic E-state index is 5.93. The quantitative estimate of drug-likeness (QED) is 0.779. The minimum absolute atomic E-state index is 0.609. The molecule has 0 bridgehead atoms. The zero-order chi connectivity index (χ0) is 13.1. The summed E-state index contributed by atoms with van der Waals surface area (Å²) in [5.74, 6) is 1.00. The third-order valence-corrected chi connectivity index (χ3v) is 3.43. The van der Waals surface area contributed by atoms with Gasteiger partial charge in [-0.3, -0.25) is 0 Å². The van der Waals surface area contributed by atoms with E-state index >= 15 is 0 Å². The molecular formula is C16H17BrO. The van der Waals surface area contributed by atoms with E-state index in [0.717, 1.165) is 10.2 Å². The molecule has 0 unspecified atom stereocenters. The molecule has 0 heterocycles. The van der Waals surface area contributed by atoms with Crippen LogP contribution in [0.15, 0.2) is 40.9 Å². The normalized spacial score (nSPS) is 10.4. The molecule has 0 aromatic heterocycles. The Morgan fingerprint density at radius 3 is 2.06 bits per heavy atom. The number of benzene rings is 2. The molecule has 0 amide bonds. The van der Waals surface area contributed by atoms with E-state index in [0.29, 0.717) is 6.61 Å². The highest BCUT2D eigenvalue weighted by atomic mass is 79.9. The van der Waals surface area contributed by atoms with Gasteiger partial charge in [0.25, 0.3) is 0 Å². The van der Waals surface area contributed by atoms with Crippen molar-refractivity contribution in [3.63, 3.8) is 0 Å². The van der Waals surface area contributed by atoms with Crippen LogP contribution in [0.1, 0.15) is 22.3 Å². The number of hydrogen-bond acceptors (Lipinski definition) is 1. The van der Waals surface area contributed by atoms with Crippen LogP contribution in [0.25, 0.3) is 0 Å². The van der Waals surface area contributed by atoms with Crippen molar-refractivity contribution < 1.29 is 4.74 Å². The Kier molecular flexibility index (Phi) is 4.07. The van der Waals surface area contributed by atoms with Gasteiger partial charge in [0.05, 0.1) is 0 Å². The molecule has 0 radical (unpaired) electrons. The zero-order valence-electron chi connectivity index (χ0n) is 11.0. The molecule has 2 rings (SSSR count). The highest BCUT2D eigenvalue weighted by Gasteiger charge is 2.05. The monoisotopic (exact) mass is 304 g/mol. The summed E-state index contributed by atoms with van der Waals surface area (Å²) in [4.78, 5) is 0. The van der Waals surface area contributed by atoms with E-state index in [9.17, 15) is 0 Å². The molecule has 0 fully saturated rings. The minimum atomic E-state index is 0.609. The van der Waals surface area contributed by atoms with Gasteiger partial charge in [-0.25, -0.2) is 0 Å². The number of halogens is 1. The topological polar surface area (TPSA) is 9.23 Å². The van der Waals surface area contributed by atoms with Crippen LogP contribution < -0.4 is 4.74 Å². The van der Waals surface area contributed by atoms with Crippen LogP contribution in [0.3, 0.4) is 0 Å². The van der Waals surface area contributed by atoms with Gasteiger partial charge in [0.15, 0.2) is 0 Å². The fraction of sp³-hybridized carbons (Fsp3) is 0.250. The fourth-order valence-electron chi connectivity index (χ4n) is 2.13. The second-order valence-electron chi connectivity index (χ2n) is 4.64. The molecule has 94 valence electrons. The van der Waals surface area contributed by atoms with Crippen molar-refractivity contribution in [3.05, 3.63) is 63.1 Å². The van der Waals surface area contributed by atoms with Gasteiger partial charge in [-0.15, -0.1) is 0 Å². The van der Waals surface area contributed by atoms with E-state index in [1.54, 1.807) is 0 Å². The summed E-state index contributed by atoms with van der Waals surface area (Å²) in [5.41, 5.74) is 4.85. The summed E-state index contributed by atoms with van der Waals surface area (Å²) in [6, 6.07) is 12.5. The van der Waals surface area contributed by atoms with Crippen molar-refractivity contribution >= 4 is 15.9 Å². The molecule has 18 heavy (non-hydrogen) atoms. The van der Waals surface area contributed by atoms with Crippen LogP contribution in [0.5, 0.6) is 5.75 Å². The Balaban J connectivity index is 2.13. The average Bonchev–Trinajstić information content (AvgIpc) is 2.30. The van der Waals surface area contributed by atoms with Gasteiger partial charge in [-0.1, -0.05) is 45.8 Å². The van der Waals surface area contributed by atoms with Gasteiger partial charge < -0.3 is 4.74 Å². The summed E-state index contributed by atoms with van der Waals surface area (Å²) in [6.45, 7) is 6.91. The van der Waals surface area contributed by atoms with Crippen LogP contribution in [-0.2, 0) is 6.61 Å². The maximum Gasteiger partial charge on any atom is 0.125 e. The van der Waals surface area contributed by atoms with E-state index < -0.39 is 0 Å². The van der Waals surface area contributed by atoms with Gasteiger partial charge in [0.1, 0.15) is 12.4 Å². The van der Waals surface area contributed by atoms with Crippen LogP contribution in [0.2, 0.25) is 0 Å². The second kappa shape index (κ2) is 5.57. The molecule has 0 atom stereocenters. The molecule has 0 N–H and O–H groups in total. The molecule has 2 aromatic rings. The number of aryl methyl sites for hydroxylation is 3. The summed E-state index contributed by atoms with van der Waals surface area (Å²) in [6.07, 6.45) is 0. The lowest BCUT2D eigenvalue weighted by atomic mass is 10.1. The highest BCUT2D eigenvalue weighted by molar-refractivity contribution is 9.10. The Morgan fingerprint density at radius 1 is 0.944 bits per heavy atom. The number of hydrogen-bond donors (Lipinski definition) is 0. The molecule has 0 saturated carbocycles. The van der Waals surface area contributed by atoms with E-state index in [1.165, 1.54) is 22.3 Å². The molecule has 0 aliphatic rings. The smallest absolute Gasteiger partial charge is 0.125 e. The molecular weight excluding hydrogens is 288 g/mol. The molecule has 0 spiro atoms. The van der Waals surface area contributed by atoms with E-state index in [1.807, 2.05) is 12.1 Å². The zero-order valence-corrected chi connectivity index (χ0v) is 12.5. The van der Waals surface area contributed by atoms with E-state index in [4.69, 9.17) is 4.74 Å². The molecule has 0 aliphatic heterocycles. The first kappa shape index (κ1) is 13.2. The Hall–Kier alpha value is -1.28. The third kappa shape index (κ3) is 3.14. The number of ether oxygens (including phenoxy) is 1. The Bertz CT molecular complexity index is 521. The predicted molar refractivity (Wildman–Crippen MR) is 79.1 cm³/mol. The Morgan fingerprint density at radius 2 is 1.50 bits per heavy atom. The van der Waals surface area contributed by atoms with Gasteiger partial charge in [0.2, 0.25) is 0 Å². The lowest BCUT2D eigenvalue weighted by Crippen LogP contribution is -1.99. The molecule has 0 saturated heterocycles. The first-order valence-corrected chi connectivity index (χ1v) is 6.80. The Labute approximate surface area is 117 Å². The van der Waals surface area contributed by atoms with Crippen LogP contribution in [-0.4, -0.2) is 0 Å². The fourth-order valence-corrected chi connectivity index (χ4v) is 2.39. The molecule has 2 aromatic carbocycles. The van der Waals surface area contributed by atoms with Gasteiger partial charge >= 0.3 is 0 Å². The van der Waals surface area contributed by atoms with Crippen molar-refractivity contribution in [3.8, 4) is 5.75 Å². The molecule has 2 heteroatoms. The number of rotatable bonds is 3. The minimum Gasteiger partial charge on any atom is -0.488 e. The lowest BCUT2D eigenvalue weighted by Gasteiger charge is -2.13. The van der Waals surface area contributed by atoms with Crippen molar-refractivity contribution in [1.82, 2.24) is 0 Å². The largest absolute Gasteiger partial charge is 0.488 e. The van der Waals surface area contributed by atoms with Crippen LogP contribution >= 0.6 is 15.9 Å².